The topological polar surface area (TPSA) is 81.7 Å². The van der Waals surface area contributed by atoms with Gasteiger partial charge in [0, 0.05) is 32.3 Å². The first-order chi connectivity index (χ1) is 9.49. The molecule has 0 saturated carbocycles. The van der Waals surface area contributed by atoms with Crippen molar-refractivity contribution in [3.63, 3.8) is 0 Å². The van der Waals surface area contributed by atoms with Crippen molar-refractivity contribution in [1.29, 1.82) is 0 Å². The van der Waals surface area contributed by atoms with Gasteiger partial charge < -0.3 is 14.8 Å². The van der Waals surface area contributed by atoms with E-state index in [4.69, 9.17) is 9.47 Å². The fourth-order valence-electron chi connectivity index (χ4n) is 1.68. The lowest BCUT2D eigenvalue weighted by Crippen LogP contribution is -2.15. The van der Waals surface area contributed by atoms with Crippen molar-refractivity contribution in [2.75, 3.05) is 32.8 Å². The molecule has 0 aliphatic carbocycles. The van der Waals surface area contributed by atoms with E-state index in [1.165, 1.54) is 39.3 Å². The third kappa shape index (κ3) is 4.25. The van der Waals surface area contributed by atoms with E-state index in [1.807, 2.05) is 0 Å². The van der Waals surface area contributed by atoms with Gasteiger partial charge in [-0.2, -0.15) is 0 Å². The first kappa shape index (κ1) is 16.0. The number of benzene rings is 1. The summed E-state index contributed by atoms with van der Waals surface area (Å²) in [6.07, 6.45) is 0. The summed E-state index contributed by atoms with van der Waals surface area (Å²) in [7, 11) is 2.83. The lowest BCUT2D eigenvalue weighted by Gasteiger charge is -2.11. The smallest absolute Gasteiger partial charge is 0.221 e. The Morgan fingerprint density at radius 2 is 1.65 bits per heavy atom. The van der Waals surface area contributed by atoms with Crippen molar-refractivity contribution in [3.05, 3.63) is 29.3 Å². The van der Waals surface area contributed by atoms with Gasteiger partial charge in [-0.1, -0.05) is 6.07 Å². The van der Waals surface area contributed by atoms with Crippen LogP contribution in [-0.2, 0) is 14.3 Å². The largest absolute Gasteiger partial charge is 0.377 e. The third-order valence-corrected chi connectivity index (χ3v) is 2.50. The van der Waals surface area contributed by atoms with Crippen LogP contribution in [0.15, 0.2) is 18.2 Å². The highest BCUT2D eigenvalue weighted by Crippen LogP contribution is 2.19. The van der Waals surface area contributed by atoms with E-state index in [0.29, 0.717) is 16.8 Å². The van der Waals surface area contributed by atoms with Crippen LogP contribution in [-0.4, -0.2) is 44.9 Å². The average Bonchev–Trinajstić information content (AvgIpc) is 2.38. The van der Waals surface area contributed by atoms with Crippen molar-refractivity contribution in [3.8, 4) is 0 Å². The van der Waals surface area contributed by atoms with E-state index in [-0.39, 0.29) is 30.7 Å². The maximum Gasteiger partial charge on any atom is 0.221 e. The normalized spacial score (nSPS) is 10.2. The molecule has 0 saturated heterocycles. The second kappa shape index (κ2) is 7.52. The lowest BCUT2D eigenvalue weighted by atomic mass is 10.0. The molecule has 1 N–H and O–H groups in total. The number of Topliss-reactive ketones (excluding diaryl/α,β-unsaturated/α-hetero) is 2. The first-order valence-electron chi connectivity index (χ1n) is 5.95. The highest BCUT2D eigenvalue weighted by molar-refractivity contribution is 6.07. The van der Waals surface area contributed by atoms with Crippen LogP contribution in [0.25, 0.3) is 0 Å². The second-order valence-corrected chi connectivity index (χ2v) is 4.15. The Morgan fingerprint density at radius 3 is 2.20 bits per heavy atom. The van der Waals surface area contributed by atoms with Gasteiger partial charge in [0.25, 0.3) is 0 Å². The van der Waals surface area contributed by atoms with Crippen molar-refractivity contribution < 1.29 is 23.9 Å². The van der Waals surface area contributed by atoms with Gasteiger partial charge in [0.05, 0.1) is 5.69 Å². The number of ketones is 2. The number of hydrogen-bond donors (Lipinski definition) is 1. The third-order valence-electron chi connectivity index (χ3n) is 2.50. The van der Waals surface area contributed by atoms with E-state index in [0.717, 1.165) is 0 Å². The molecule has 1 aromatic rings. The minimum Gasteiger partial charge on any atom is -0.377 e. The van der Waals surface area contributed by atoms with E-state index < -0.39 is 0 Å². The van der Waals surface area contributed by atoms with Crippen LogP contribution in [0, 0.1) is 0 Å². The lowest BCUT2D eigenvalue weighted by molar-refractivity contribution is -0.114. The van der Waals surface area contributed by atoms with Gasteiger partial charge in [-0.05, 0) is 12.1 Å². The summed E-state index contributed by atoms with van der Waals surface area (Å²) < 4.78 is 9.56. The molecular formula is C14H17NO5. The Balaban J connectivity index is 3.15. The Bertz CT molecular complexity index is 524. The van der Waals surface area contributed by atoms with Crippen LogP contribution in [0.4, 0.5) is 5.69 Å². The summed E-state index contributed by atoms with van der Waals surface area (Å²) in [6.45, 7) is 1.16. The van der Waals surface area contributed by atoms with Crippen LogP contribution in [0.5, 0.6) is 0 Å². The van der Waals surface area contributed by atoms with Crippen LogP contribution < -0.4 is 5.32 Å². The highest BCUT2D eigenvalue weighted by Gasteiger charge is 2.15. The molecular weight excluding hydrogens is 262 g/mol. The van der Waals surface area contributed by atoms with E-state index in [9.17, 15) is 14.4 Å². The summed E-state index contributed by atoms with van der Waals surface area (Å²) in [4.78, 5) is 34.8. The minimum absolute atomic E-state index is 0.0646. The maximum atomic E-state index is 11.9. The number of rotatable bonds is 7. The quantitative estimate of drug-likeness (QED) is 0.761. The van der Waals surface area contributed by atoms with Crippen molar-refractivity contribution >= 4 is 23.2 Å². The maximum absolute atomic E-state index is 11.9. The molecule has 0 radical (unpaired) electrons. The average molecular weight is 279 g/mol. The zero-order chi connectivity index (χ0) is 15.1. The van der Waals surface area contributed by atoms with Crippen LogP contribution in [0.1, 0.15) is 27.6 Å². The van der Waals surface area contributed by atoms with E-state index in [2.05, 4.69) is 5.32 Å². The Hall–Kier alpha value is -2.05. The zero-order valence-electron chi connectivity index (χ0n) is 11.7. The fraction of sp³-hybridized carbons (Fsp3) is 0.357. The number of hydrogen-bond acceptors (Lipinski definition) is 5. The Labute approximate surface area is 117 Å². The van der Waals surface area contributed by atoms with Gasteiger partial charge in [-0.3, -0.25) is 14.4 Å². The molecule has 0 heterocycles. The summed E-state index contributed by atoms with van der Waals surface area (Å²) in [6, 6.07) is 4.48. The highest BCUT2D eigenvalue weighted by atomic mass is 16.5. The predicted molar refractivity (Wildman–Crippen MR) is 73.2 cm³/mol. The number of nitrogens with one attached hydrogen (secondary N) is 1. The molecule has 1 aromatic carbocycles. The van der Waals surface area contributed by atoms with Crippen molar-refractivity contribution in [2.45, 2.75) is 6.92 Å². The van der Waals surface area contributed by atoms with Crippen molar-refractivity contribution in [2.24, 2.45) is 0 Å². The summed E-state index contributed by atoms with van der Waals surface area (Å²) in [5, 5.41) is 2.54. The predicted octanol–water partition coefficient (Wildman–Crippen LogP) is 1.30. The van der Waals surface area contributed by atoms with Crippen LogP contribution in [0.3, 0.4) is 0 Å². The number of ether oxygens (including phenoxy) is 2. The van der Waals surface area contributed by atoms with Gasteiger partial charge in [0.15, 0.2) is 11.6 Å². The second-order valence-electron chi connectivity index (χ2n) is 4.15. The summed E-state index contributed by atoms with van der Waals surface area (Å²) in [5.74, 6) is -0.834. The van der Waals surface area contributed by atoms with Gasteiger partial charge in [-0.25, -0.2) is 0 Å². The van der Waals surface area contributed by atoms with E-state index in [1.54, 1.807) is 0 Å². The van der Waals surface area contributed by atoms with Crippen molar-refractivity contribution in [1.82, 2.24) is 0 Å². The monoisotopic (exact) mass is 279 g/mol. The molecule has 108 valence electrons. The SMILES string of the molecule is COCC(=O)c1ccc(C(=O)COC)c(NC(C)=O)c1. The van der Waals surface area contributed by atoms with Gasteiger partial charge in [-0.15, -0.1) is 0 Å². The molecule has 0 aromatic heterocycles. The molecule has 20 heavy (non-hydrogen) atoms. The van der Waals surface area contributed by atoms with Crippen LogP contribution >= 0.6 is 0 Å². The zero-order valence-corrected chi connectivity index (χ0v) is 11.7. The molecule has 0 fully saturated rings. The van der Waals surface area contributed by atoms with Gasteiger partial charge >= 0.3 is 0 Å². The van der Waals surface area contributed by atoms with Crippen LogP contribution in [0.2, 0.25) is 0 Å². The molecule has 1 rings (SSSR count). The Morgan fingerprint density at radius 1 is 1.05 bits per heavy atom. The summed E-state index contributed by atoms with van der Waals surface area (Å²) in [5.41, 5.74) is 0.960. The molecule has 0 bridgehead atoms. The fourth-order valence-corrected chi connectivity index (χ4v) is 1.68. The van der Waals surface area contributed by atoms with E-state index >= 15 is 0 Å². The van der Waals surface area contributed by atoms with Gasteiger partial charge in [0.1, 0.15) is 13.2 Å². The number of methoxy groups -OCH3 is 2. The molecule has 0 atom stereocenters. The standard InChI is InChI=1S/C14H17NO5/c1-9(16)15-12-6-10(13(17)7-19-2)4-5-11(12)14(18)8-20-3/h4-6H,7-8H2,1-3H3,(H,15,16). The van der Waals surface area contributed by atoms with Gasteiger partial charge in [0.2, 0.25) is 5.91 Å². The number of carbonyl (C=O) groups is 3. The number of carbonyl (C=O) groups excluding carboxylic acids is 3. The molecule has 0 aliphatic rings. The molecule has 1 amide bonds. The molecule has 0 spiro atoms. The number of amides is 1. The first-order valence-corrected chi connectivity index (χ1v) is 5.95. The minimum atomic E-state index is -0.326. The molecule has 6 heteroatoms. The molecule has 6 nitrogen and oxygen atoms in total. The molecule has 0 aliphatic heterocycles. The Kier molecular flexibility index (Phi) is 6.02. The summed E-state index contributed by atoms with van der Waals surface area (Å²) >= 11 is 0. The molecule has 0 unspecified atom stereocenters. The number of anilines is 1.